The molecule has 0 atom stereocenters. The maximum absolute atomic E-state index is 12.7. The molecular formula is C12H10BrClFN3. The highest BCUT2D eigenvalue weighted by atomic mass is 79.9. The number of anilines is 1. The molecule has 0 aliphatic rings. The van der Waals surface area contributed by atoms with Gasteiger partial charge in [-0.05, 0) is 51.6 Å². The van der Waals surface area contributed by atoms with Crippen molar-refractivity contribution in [3.05, 3.63) is 51.6 Å². The Labute approximate surface area is 118 Å². The summed E-state index contributed by atoms with van der Waals surface area (Å²) >= 11 is 9.04. The molecule has 0 aliphatic carbocycles. The topological polar surface area (TPSA) is 37.8 Å². The molecule has 0 unspecified atom stereocenters. The van der Waals surface area contributed by atoms with Gasteiger partial charge in [0.05, 0.1) is 4.47 Å². The average molecular weight is 331 g/mol. The van der Waals surface area contributed by atoms with E-state index in [1.54, 1.807) is 18.3 Å². The summed E-state index contributed by atoms with van der Waals surface area (Å²) in [5.74, 6) is 0.425. The highest BCUT2D eigenvalue weighted by Gasteiger charge is 2.03. The Kier molecular flexibility index (Phi) is 4.49. The molecule has 1 aromatic heterocycles. The zero-order valence-corrected chi connectivity index (χ0v) is 11.7. The van der Waals surface area contributed by atoms with E-state index in [1.807, 2.05) is 0 Å². The van der Waals surface area contributed by atoms with Gasteiger partial charge in [0.25, 0.3) is 0 Å². The van der Waals surface area contributed by atoms with Gasteiger partial charge in [-0.25, -0.2) is 9.37 Å². The first-order chi connectivity index (χ1) is 8.65. The summed E-state index contributed by atoms with van der Waals surface area (Å²) in [4.78, 5) is 7.90. The van der Waals surface area contributed by atoms with Crippen LogP contribution < -0.4 is 5.32 Å². The Morgan fingerprint density at radius 3 is 2.72 bits per heavy atom. The van der Waals surface area contributed by atoms with Gasteiger partial charge in [0.1, 0.15) is 11.6 Å². The minimum Gasteiger partial charge on any atom is -0.369 e. The van der Waals surface area contributed by atoms with Gasteiger partial charge in [0.15, 0.2) is 0 Å². The highest BCUT2D eigenvalue weighted by Crippen LogP contribution is 2.19. The lowest BCUT2D eigenvalue weighted by molar-refractivity contribution is 0.627. The van der Waals surface area contributed by atoms with E-state index in [0.717, 1.165) is 16.5 Å². The third kappa shape index (κ3) is 3.65. The van der Waals surface area contributed by atoms with Crippen LogP contribution in [0.25, 0.3) is 0 Å². The predicted octanol–water partition coefficient (Wildman–Crippen LogP) is 3.69. The standard InChI is InChI=1S/C12H10BrClFN3/c13-10-7-17-12(14)18-11(10)16-6-5-8-1-3-9(15)4-2-8/h1-4,7H,5-6H2,(H,16,17,18). The van der Waals surface area contributed by atoms with Crippen LogP contribution in [-0.4, -0.2) is 16.5 Å². The van der Waals surface area contributed by atoms with E-state index in [9.17, 15) is 4.39 Å². The number of aromatic nitrogens is 2. The molecule has 0 spiro atoms. The van der Waals surface area contributed by atoms with Crippen molar-refractivity contribution in [2.45, 2.75) is 6.42 Å². The summed E-state index contributed by atoms with van der Waals surface area (Å²) < 4.78 is 13.5. The molecule has 2 aromatic rings. The second kappa shape index (κ2) is 6.11. The van der Waals surface area contributed by atoms with Gasteiger partial charge in [-0.3, -0.25) is 0 Å². The molecule has 0 bridgehead atoms. The summed E-state index contributed by atoms with van der Waals surface area (Å²) in [5.41, 5.74) is 1.06. The summed E-state index contributed by atoms with van der Waals surface area (Å²) in [6, 6.07) is 6.43. The van der Waals surface area contributed by atoms with Crippen LogP contribution in [0.2, 0.25) is 5.28 Å². The van der Waals surface area contributed by atoms with Gasteiger partial charge in [-0.1, -0.05) is 12.1 Å². The van der Waals surface area contributed by atoms with E-state index < -0.39 is 0 Å². The van der Waals surface area contributed by atoms with Crippen LogP contribution in [0.3, 0.4) is 0 Å². The zero-order chi connectivity index (χ0) is 13.0. The molecule has 0 radical (unpaired) electrons. The number of hydrogen-bond donors (Lipinski definition) is 1. The lowest BCUT2D eigenvalue weighted by atomic mass is 10.1. The third-order valence-electron chi connectivity index (χ3n) is 2.33. The molecule has 3 nitrogen and oxygen atoms in total. The van der Waals surface area contributed by atoms with E-state index in [4.69, 9.17) is 11.6 Å². The lowest BCUT2D eigenvalue weighted by Crippen LogP contribution is -2.07. The molecule has 94 valence electrons. The van der Waals surface area contributed by atoms with E-state index in [0.29, 0.717) is 12.4 Å². The summed E-state index contributed by atoms with van der Waals surface area (Å²) in [7, 11) is 0. The van der Waals surface area contributed by atoms with Crippen molar-refractivity contribution in [3.63, 3.8) is 0 Å². The van der Waals surface area contributed by atoms with Crippen molar-refractivity contribution in [2.24, 2.45) is 0 Å². The van der Waals surface area contributed by atoms with Crippen molar-refractivity contribution >= 4 is 33.3 Å². The number of benzene rings is 1. The Balaban J connectivity index is 1.92. The summed E-state index contributed by atoms with van der Waals surface area (Å²) in [6.45, 7) is 0.678. The molecule has 0 aliphatic heterocycles. The summed E-state index contributed by atoms with van der Waals surface area (Å²) in [5, 5.41) is 3.34. The Morgan fingerprint density at radius 1 is 1.28 bits per heavy atom. The van der Waals surface area contributed by atoms with E-state index in [-0.39, 0.29) is 11.1 Å². The molecule has 1 heterocycles. The molecule has 0 fully saturated rings. The van der Waals surface area contributed by atoms with E-state index in [1.165, 1.54) is 12.1 Å². The number of nitrogens with zero attached hydrogens (tertiary/aromatic N) is 2. The summed E-state index contributed by atoms with van der Waals surface area (Å²) in [6.07, 6.45) is 2.36. The fraction of sp³-hybridized carbons (Fsp3) is 0.167. The first-order valence-electron chi connectivity index (χ1n) is 5.31. The first-order valence-corrected chi connectivity index (χ1v) is 6.48. The zero-order valence-electron chi connectivity index (χ0n) is 9.33. The van der Waals surface area contributed by atoms with Crippen LogP contribution in [-0.2, 0) is 6.42 Å². The number of hydrogen-bond acceptors (Lipinski definition) is 3. The van der Waals surface area contributed by atoms with Crippen molar-refractivity contribution in [1.82, 2.24) is 9.97 Å². The Morgan fingerprint density at radius 2 is 2.00 bits per heavy atom. The number of nitrogens with one attached hydrogen (secondary N) is 1. The van der Waals surface area contributed by atoms with Gasteiger partial charge >= 0.3 is 0 Å². The molecule has 18 heavy (non-hydrogen) atoms. The maximum atomic E-state index is 12.7. The Hall–Kier alpha value is -1.20. The van der Waals surface area contributed by atoms with Crippen LogP contribution in [0, 0.1) is 5.82 Å². The van der Waals surface area contributed by atoms with Crippen LogP contribution in [0.1, 0.15) is 5.56 Å². The quantitative estimate of drug-likeness (QED) is 0.869. The normalized spacial score (nSPS) is 10.4. The fourth-order valence-corrected chi connectivity index (χ4v) is 1.91. The molecule has 6 heteroatoms. The molecule has 1 N–H and O–H groups in total. The van der Waals surface area contributed by atoms with E-state index in [2.05, 4.69) is 31.2 Å². The molecule has 0 saturated carbocycles. The average Bonchev–Trinajstić information content (AvgIpc) is 2.36. The molecule has 1 aromatic carbocycles. The number of rotatable bonds is 4. The van der Waals surface area contributed by atoms with Crippen LogP contribution in [0.4, 0.5) is 10.2 Å². The smallest absolute Gasteiger partial charge is 0.224 e. The second-order valence-electron chi connectivity index (χ2n) is 3.64. The van der Waals surface area contributed by atoms with E-state index >= 15 is 0 Å². The van der Waals surface area contributed by atoms with Gasteiger partial charge in [-0.15, -0.1) is 0 Å². The van der Waals surface area contributed by atoms with Crippen molar-refractivity contribution < 1.29 is 4.39 Å². The van der Waals surface area contributed by atoms with Crippen molar-refractivity contribution in [2.75, 3.05) is 11.9 Å². The third-order valence-corrected chi connectivity index (χ3v) is 3.10. The van der Waals surface area contributed by atoms with Crippen molar-refractivity contribution in [3.8, 4) is 0 Å². The fourth-order valence-electron chi connectivity index (χ4n) is 1.45. The first kappa shape index (κ1) is 13.2. The minimum atomic E-state index is -0.225. The number of halogens is 3. The second-order valence-corrected chi connectivity index (χ2v) is 4.83. The molecule has 0 amide bonds. The largest absolute Gasteiger partial charge is 0.369 e. The highest BCUT2D eigenvalue weighted by molar-refractivity contribution is 9.10. The monoisotopic (exact) mass is 329 g/mol. The molecular weight excluding hydrogens is 321 g/mol. The lowest BCUT2D eigenvalue weighted by Gasteiger charge is -2.07. The van der Waals surface area contributed by atoms with Crippen LogP contribution >= 0.6 is 27.5 Å². The molecule has 2 rings (SSSR count). The van der Waals surface area contributed by atoms with Crippen LogP contribution in [0.5, 0.6) is 0 Å². The van der Waals surface area contributed by atoms with Crippen LogP contribution in [0.15, 0.2) is 34.9 Å². The minimum absolute atomic E-state index is 0.197. The Bertz CT molecular complexity index is 533. The van der Waals surface area contributed by atoms with Gasteiger partial charge in [-0.2, -0.15) is 4.98 Å². The van der Waals surface area contributed by atoms with Gasteiger partial charge in [0, 0.05) is 12.7 Å². The van der Waals surface area contributed by atoms with Crippen molar-refractivity contribution in [1.29, 1.82) is 0 Å². The van der Waals surface area contributed by atoms with Gasteiger partial charge < -0.3 is 5.32 Å². The SMILES string of the molecule is Fc1ccc(CCNc2nc(Cl)ncc2Br)cc1. The predicted molar refractivity (Wildman–Crippen MR) is 73.3 cm³/mol. The van der Waals surface area contributed by atoms with Gasteiger partial charge in [0.2, 0.25) is 5.28 Å². The molecule has 0 saturated heterocycles. The maximum Gasteiger partial charge on any atom is 0.224 e.